The molecule has 0 unspecified atom stereocenters. The van der Waals surface area contributed by atoms with Gasteiger partial charge in [0.05, 0.1) is 5.56 Å². The molecular weight excluding hydrogens is 299 g/mol. The van der Waals surface area contributed by atoms with Crippen LogP contribution in [0.15, 0.2) is 48.5 Å². The van der Waals surface area contributed by atoms with E-state index in [2.05, 4.69) is 12.2 Å². The van der Waals surface area contributed by atoms with Crippen LogP contribution in [0.3, 0.4) is 0 Å². The van der Waals surface area contributed by atoms with Crippen LogP contribution in [-0.4, -0.2) is 4.99 Å². The van der Waals surface area contributed by atoms with Crippen LogP contribution >= 0.6 is 12.2 Å². The molecule has 21 heavy (non-hydrogen) atoms. The molecule has 0 atom stereocenters. The molecule has 0 saturated carbocycles. The summed E-state index contributed by atoms with van der Waals surface area (Å²) in [6, 6.07) is 12.7. The summed E-state index contributed by atoms with van der Waals surface area (Å²) < 4.78 is 44.0. The predicted octanol–water partition coefficient (Wildman–Crippen LogP) is 3.92. The van der Waals surface area contributed by atoms with Crippen molar-refractivity contribution in [2.45, 2.75) is 12.8 Å². The average molecular weight is 311 g/mol. The molecule has 0 aliphatic heterocycles. The van der Waals surface area contributed by atoms with Gasteiger partial charge in [-0.15, -0.1) is 0 Å². The van der Waals surface area contributed by atoms with Crippen LogP contribution < -0.4 is 10.5 Å². The highest BCUT2D eigenvalue weighted by atomic mass is 32.1. The molecular formula is C15H12F3NOS. The van der Waals surface area contributed by atoms with Crippen LogP contribution in [0.5, 0.6) is 5.75 Å². The first-order valence-electron chi connectivity index (χ1n) is 6.05. The van der Waals surface area contributed by atoms with Crippen molar-refractivity contribution in [1.82, 2.24) is 0 Å². The number of benzene rings is 2. The molecule has 0 aliphatic carbocycles. The van der Waals surface area contributed by atoms with Gasteiger partial charge in [-0.25, -0.2) is 0 Å². The predicted molar refractivity (Wildman–Crippen MR) is 78.1 cm³/mol. The Hall–Kier alpha value is -2.08. The van der Waals surface area contributed by atoms with E-state index in [9.17, 15) is 13.2 Å². The van der Waals surface area contributed by atoms with E-state index in [0.29, 0.717) is 0 Å². The Labute approximate surface area is 125 Å². The van der Waals surface area contributed by atoms with Gasteiger partial charge in [0.25, 0.3) is 0 Å². The summed E-state index contributed by atoms with van der Waals surface area (Å²) in [5, 5.41) is 0. The van der Waals surface area contributed by atoms with E-state index >= 15 is 0 Å². The van der Waals surface area contributed by atoms with Crippen molar-refractivity contribution >= 4 is 17.2 Å². The number of alkyl halides is 3. The molecule has 2 aromatic rings. The number of ether oxygens (including phenoxy) is 1. The fraction of sp³-hybridized carbons (Fsp3) is 0.133. The molecule has 0 aliphatic rings. The Balaban J connectivity index is 2.22. The molecule has 0 amide bonds. The second kappa shape index (κ2) is 6.13. The Bertz CT molecular complexity index is 641. The normalized spacial score (nSPS) is 11.2. The maximum atomic E-state index is 12.8. The van der Waals surface area contributed by atoms with Crippen LogP contribution in [-0.2, 0) is 12.8 Å². The van der Waals surface area contributed by atoms with Gasteiger partial charge in [-0.05, 0) is 23.8 Å². The smallest absolute Gasteiger partial charge is 0.417 e. The zero-order valence-corrected chi connectivity index (χ0v) is 11.7. The topological polar surface area (TPSA) is 35.2 Å². The Morgan fingerprint density at radius 1 is 1.10 bits per heavy atom. The second-order valence-corrected chi connectivity index (χ2v) is 4.78. The minimum Gasteiger partial charge on any atom is -0.489 e. The Morgan fingerprint density at radius 3 is 2.33 bits per heavy atom. The number of hydrogen-bond donors (Lipinski definition) is 1. The van der Waals surface area contributed by atoms with Crippen molar-refractivity contribution < 1.29 is 17.9 Å². The van der Waals surface area contributed by atoms with E-state index in [-0.39, 0.29) is 22.9 Å². The fourth-order valence-electron chi connectivity index (χ4n) is 1.81. The van der Waals surface area contributed by atoms with Crippen molar-refractivity contribution in [3.05, 3.63) is 65.2 Å². The zero-order valence-electron chi connectivity index (χ0n) is 10.9. The highest BCUT2D eigenvalue weighted by molar-refractivity contribution is 7.80. The third-order valence-corrected chi connectivity index (χ3v) is 3.03. The maximum absolute atomic E-state index is 12.8. The van der Waals surface area contributed by atoms with Gasteiger partial charge in [-0.1, -0.05) is 42.5 Å². The van der Waals surface area contributed by atoms with Crippen LogP contribution in [0.2, 0.25) is 0 Å². The monoisotopic (exact) mass is 311 g/mol. The van der Waals surface area contributed by atoms with Crippen molar-refractivity contribution in [2.75, 3.05) is 0 Å². The molecule has 0 saturated heterocycles. The highest BCUT2D eigenvalue weighted by Crippen LogP contribution is 2.34. The molecule has 0 aromatic heterocycles. The summed E-state index contributed by atoms with van der Waals surface area (Å²) in [5.74, 6) is 0.287. The maximum Gasteiger partial charge on any atom is 0.417 e. The van der Waals surface area contributed by atoms with Crippen molar-refractivity contribution in [1.29, 1.82) is 0 Å². The lowest BCUT2D eigenvalue weighted by atomic mass is 10.1. The quantitative estimate of drug-likeness (QED) is 0.869. The van der Waals surface area contributed by atoms with Crippen LogP contribution in [0.4, 0.5) is 13.2 Å². The summed E-state index contributed by atoms with van der Waals surface area (Å²) in [5.41, 5.74) is 5.18. The third-order valence-electron chi connectivity index (χ3n) is 2.81. The first kappa shape index (κ1) is 15.3. The van der Waals surface area contributed by atoms with Crippen LogP contribution in [0, 0.1) is 0 Å². The number of rotatable bonds is 4. The van der Waals surface area contributed by atoms with Crippen molar-refractivity contribution in [2.24, 2.45) is 5.73 Å². The van der Waals surface area contributed by atoms with E-state index < -0.39 is 11.7 Å². The Morgan fingerprint density at radius 2 is 1.76 bits per heavy atom. The summed E-state index contributed by atoms with van der Waals surface area (Å²) in [4.78, 5) is -0.313. The molecule has 6 heteroatoms. The van der Waals surface area contributed by atoms with Crippen molar-refractivity contribution in [3.8, 4) is 5.75 Å². The largest absolute Gasteiger partial charge is 0.489 e. The van der Waals surface area contributed by atoms with Gasteiger partial charge >= 0.3 is 6.18 Å². The van der Waals surface area contributed by atoms with E-state index in [1.165, 1.54) is 12.1 Å². The molecule has 2 nitrogen and oxygen atoms in total. The number of nitrogens with two attached hydrogens (primary N) is 1. The van der Waals surface area contributed by atoms with E-state index in [1.807, 2.05) is 30.3 Å². The first-order valence-corrected chi connectivity index (χ1v) is 6.46. The molecule has 0 bridgehead atoms. The van der Waals surface area contributed by atoms with Gasteiger partial charge in [0.1, 0.15) is 17.3 Å². The molecule has 0 radical (unpaired) electrons. The van der Waals surface area contributed by atoms with Gasteiger partial charge in [0.2, 0.25) is 0 Å². The van der Waals surface area contributed by atoms with Gasteiger partial charge in [-0.3, -0.25) is 0 Å². The van der Waals surface area contributed by atoms with Gasteiger partial charge in [0.15, 0.2) is 0 Å². The number of thiocarbonyl (C=S) groups is 1. The molecule has 2 rings (SSSR count). The summed E-state index contributed by atoms with van der Waals surface area (Å²) >= 11 is 4.68. The SMILES string of the molecule is NC(=S)c1cc(OCc2ccccc2)ccc1C(F)(F)F. The number of halogens is 3. The van der Waals surface area contributed by atoms with Gasteiger partial charge < -0.3 is 10.5 Å². The third kappa shape index (κ3) is 3.95. The molecule has 2 N–H and O–H groups in total. The molecule has 0 heterocycles. The standard InChI is InChI=1S/C15H12F3NOS/c16-15(17,18)13-7-6-11(8-12(13)14(19)21)20-9-10-4-2-1-3-5-10/h1-8H,9H2,(H2,19,21). The Kier molecular flexibility index (Phi) is 4.47. The average Bonchev–Trinajstić information content (AvgIpc) is 2.45. The fourth-order valence-corrected chi connectivity index (χ4v) is 1.97. The minimum absolute atomic E-state index is 0.233. The highest BCUT2D eigenvalue weighted by Gasteiger charge is 2.34. The van der Waals surface area contributed by atoms with Crippen LogP contribution in [0.1, 0.15) is 16.7 Å². The van der Waals surface area contributed by atoms with E-state index in [4.69, 9.17) is 10.5 Å². The molecule has 110 valence electrons. The lowest BCUT2D eigenvalue weighted by molar-refractivity contribution is -0.137. The second-order valence-electron chi connectivity index (χ2n) is 4.34. The number of hydrogen-bond acceptors (Lipinski definition) is 2. The lowest BCUT2D eigenvalue weighted by Gasteiger charge is -2.14. The molecule has 0 fully saturated rings. The minimum atomic E-state index is -4.50. The van der Waals surface area contributed by atoms with Gasteiger partial charge in [0, 0.05) is 5.56 Å². The molecule has 0 spiro atoms. The van der Waals surface area contributed by atoms with Crippen molar-refractivity contribution in [3.63, 3.8) is 0 Å². The lowest BCUT2D eigenvalue weighted by Crippen LogP contribution is -2.18. The summed E-state index contributed by atoms with van der Waals surface area (Å²) in [6.45, 7) is 0.253. The van der Waals surface area contributed by atoms with Crippen LogP contribution in [0.25, 0.3) is 0 Å². The summed E-state index contributed by atoms with van der Waals surface area (Å²) in [6.07, 6.45) is -4.50. The van der Waals surface area contributed by atoms with E-state index in [1.54, 1.807) is 0 Å². The van der Waals surface area contributed by atoms with Gasteiger partial charge in [-0.2, -0.15) is 13.2 Å². The first-order chi connectivity index (χ1) is 9.88. The van der Waals surface area contributed by atoms with E-state index in [0.717, 1.165) is 11.6 Å². The summed E-state index contributed by atoms with van der Waals surface area (Å²) in [7, 11) is 0. The zero-order chi connectivity index (χ0) is 15.5. The molecule has 2 aromatic carbocycles.